The van der Waals surface area contributed by atoms with Gasteiger partial charge in [0, 0.05) is 42.8 Å². The summed E-state index contributed by atoms with van der Waals surface area (Å²) in [5, 5.41) is 1.34. The van der Waals surface area contributed by atoms with Crippen LogP contribution in [0, 0.1) is 11.8 Å². The van der Waals surface area contributed by atoms with Crippen molar-refractivity contribution in [1.29, 1.82) is 0 Å². The molecule has 28 heavy (non-hydrogen) atoms. The number of amides is 1. The topological polar surface area (TPSA) is 39.3 Å². The predicted octanol–water partition coefficient (Wildman–Crippen LogP) is 4.57. The molecule has 0 saturated carbocycles. The third-order valence-electron chi connectivity index (χ3n) is 5.66. The summed E-state index contributed by atoms with van der Waals surface area (Å²) in [6, 6.07) is 6.82. The standard InChI is InChI=1S/C20H25N3O.C4H10/c1-4-23(5-2)20(24)14-9-16-15-7-6-8-17-19(15)13(11-21-17)10-18(16)22(3)12-14;1-4(2)3/h6-9,11,14,18,21H,4-5,10,12H2,1-3H3;4H,1-3H3/t14-,18-;/m1./s1. The lowest BCUT2D eigenvalue weighted by Crippen LogP contribution is -2.47. The molecule has 1 aliphatic carbocycles. The van der Waals surface area contributed by atoms with Gasteiger partial charge in [-0.2, -0.15) is 0 Å². The van der Waals surface area contributed by atoms with E-state index in [4.69, 9.17) is 0 Å². The van der Waals surface area contributed by atoms with E-state index in [-0.39, 0.29) is 11.8 Å². The lowest BCUT2D eigenvalue weighted by Gasteiger charge is -2.40. The number of nitrogens with zero attached hydrogens (tertiary/aromatic N) is 2. The maximum atomic E-state index is 12.9. The highest BCUT2D eigenvalue weighted by atomic mass is 16.2. The van der Waals surface area contributed by atoms with Crippen LogP contribution in [0.1, 0.15) is 45.7 Å². The van der Waals surface area contributed by atoms with Crippen LogP contribution in [0.25, 0.3) is 16.5 Å². The fourth-order valence-electron chi connectivity index (χ4n) is 4.38. The summed E-state index contributed by atoms with van der Waals surface area (Å²) in [5.41, 5.74) is 5.21. The molecular formula is C24H35N3O. The van der Waals surface area contributed by atoms with Crippen LogP contribution in [0.4, 0.5) is 0 Å². The average molecular weight is 382 g/mol. The molecule has 2 aromatic rings. The van der Waals surface area contributed by atoms with Gasteiger partial charge in [0.2, 0.25) is 5.91 Å². The maximum absolute atomic E-state index is 12.9. The second-order valence-electron chi connectivity index (χ2n) is 8.67. The van der Waals surface area contributed by atoms with Crippen molar-refractivity contribution in [2.24, 2.45) is 11.8 Å². The van der Waals surface area contributed by atoms with Crippen LogP contribution in [0.3, 0.4) is 0 Å². The van der Waals surface area contributed by atoms with Crippen LogP contribution < -0.4 is 0 Å². The number of hydrogen-bond donors (Lipinski definition) is 1. The largest absolute Gasteiger partial charge is 0.361 e. The lowest BCUT2D eigenvalue weighted by molar-refractivity contribution is -0.134. The summed E-state index contributed by atoms with van der Waals surface area (Å²) in [4.78, 5) is 20.6. The average Bonchev–Trinajstić information content (AvgIpc) is 3.07. The zero-order valence-corrected chi connectivity index (χ0v) is 18.2. The molecule has 0 fully saturated rings. The molecule has 0 radical (unpaired) electrons. The van der Waals surface area contributed by atoms with E-state index >= 15 is 0 Å². The molecule has 1 N–H and O–H groups in total. The minimum atomic E-state index is -0.0445. The van der Waals surface area contributed by atoms with E-state index < -0.39 is 0 Å². The van der Waals surface area contributed by atoms with Crippen molar-refractivity contribution in [1.82, 2.24) is 14.8 Å². The first-order chi connectivity index (χ1) is 13.4. The van der Waals surface area contributed by atoms with E-state index in [0.29, 0.717) is 6.04 Å². The predicted molar refractivity (Wildman–Crippen MR) is 118 cm³/mol. The molecule has 2 aliphatic rings. The summed E-state index contributed by atoms with van der Waals surface area (Å²) >= 11 is 0. The molecule has 4 nitrogen and oxygen atoms in total. The van der Waals surface area contributed by atoms with Crippen molar-refractivity contribution in [2.75, 3.05) is 26.7 Å². The van der Waals surface area contributed by atoms with Gasteiger partial charge < -0.3 is 9.88 Å². The number of H-pyrrole nitrogens is 1. The molecular weight excluding hydrogens is 346 g/mol. The van der Waals surface area contributed by atoms with Crippen LogP contribution >= 0.6 is 0 Å². The molecule has 1 aromatic carbocycles. The smallest absolute Gasteiger partial charge is 0.230 e. The van der Waals surface area contributed by atoms with Crippen LogP contribution in [0.2, 0.25) is 0 Å². The minimum absolute atomic E-state index is 0.0445. The van der Waals surface area contributed by atoms with Crippen LogP contribution in [-0.2, 0) is 11.2 Å². The van der Waals surface area contributed by atoms with Crippen molar-refractivity contribution in [3.05, 3.63) is 41.6 Å². The fraction of sp³-hybridized carbons (Fsp3) is 0.542. The molecule has 1 amide bonds. The van der Waals surface area contributed by atoms with E-state index in [0.717, 1.165) is 32.0 Å². The van der Waals surface area contributed by atoms with Crippen molar-refractivity contribution in [2.45, 2.75) is 47.1 Å². The van der Waals surface area contributed by atoms with Crippen molar-refractivity contribution >= 4 is 22.4 Å². The minimum Gasteiger partial charge on any atom is -0.361 e. The van der Waals surface area contributed by atoms with Crippen LogP contribution in [-0.4, -0.2) is 53.4 Å². The van der Waals surface area contributed by atoms with Crippen molar-refractivity contribution < 1.29 is 4.79 Å². The Balaban J connectivity index is 0.000000516. The molecule has 1 aliphatic heterocycles. The van der Waals surface area contributed by atoms with Gasteiger partial charge in [0.05, 0.1) is 5.92 Å². The Bertz CT molecular complexity index is 857. The first-order valence-electron chi connectivity index (χ1n) is 10.7. The second kappa shape index (κ2) is 8.52. The van der Waals surface area contributed by atoms with Gasteiger partial charge in [-0.25, -0.2) is 0 Å². The van der Waals surface area contributed by atoms with Crippen molar-refractivity contribution in [3.8, 4) is 0 Å². The Morgan fingerprint density at radius 2 is 1.93 bits per heavy atom. The third kappa shape index (κ3) is 3.88. The van der Waals surface area contributed by atoms with Gasteiger partial charge >= 0.3 is 0 Å². The quantitative estimate of drug-likeness (QED) is 0.846. The second-order valence-corrected chi connectivity index (χ2v) is 8.67. The van der Waals surface area contributed by atoms with Gasteiger partial charge in [-0.05, 0) is 56.0 Å². The normalized spacial score (nSPS) is 21.0. The summed E-state index contributed by atoms with van der Waals surface area (Å²) < 4.78 is 0. The lowest BCUT2D eigenvalue weighted by atomic mass is 9.79. The molecule has 0 saturated heterocycles. The van der Waals surface area contributed by atoms with Gasteiger partial charge in [0.1, 0.15) is 0 Å². The van der Waals surface area contributed by atoms with E-state index in [1.54, 1.807) is 0 Å². The highest BCUT2D eigenvalue weighted by molar-refractivity contribution is 5.99. The summed E-state index contributed by atoms with van der Waals surface area (Å²) in [7, 11) is 2.15. The molecule has 0 spiro atoms. The fourth-order valence-corrected chi connectivity index (χ4v) is 4.38. The number of nitrogens with one attached hydrogen (secondary N) is 1. The summed E-state index contributed by atoms with van der Waals surface area (Å²) in [6.07, 6.45) is 5.41. The molecule has 4 rings (SSSR count). The number of carbonyl (C=O) groups is 1. The van der Waals surface area contributed by atoms with E-state index in [1.165, 1.54) is 27.6 Å². The Hall–Kier alpha value is -2.07. The zero-order chi connectivity index (χ0) is 20.4. The van der Waals surface area contributed by atoms with E-state index in [9.17, 15) is 4.79 Å². The van der Waals surface area contributed by atoms with Crippen LogP contribution in [0.5, 0.6) is 0 Å². The molecule has 4 heteroatoms. The molecule has 152 valence electrons. The molecule has 2 atom stereocenters. The Kier molecular flexibility index (Phi) is 6.29. The molecule has 1 aromatic heterocycles. The number of rotatable bonds is 3. The first-order valence-corrected chi connectivity index (χ1v) is 10.7. The Morgan fingerprint density at radius 3 is 2.57 bits per heavy atom. The number of aromatic nitrogens is 1. The van der Waals surface area contributed by atoms with E-state index in [2.05, 4.69) is 82.0 Å². The third-order valence-corrected chi connectivity index (χ3v) is 5.66. The molecule has 0 bridgehead atoms. The van der Waals surface area contributed by atoms with Gasteiger partial charge in [-0.1, -0.05) is 39.0 Å². The Morgan fingerprint density at radius 1 is 1.25 bits per heavy atom. The summed E-state index contributed by atoms with van der Waals surface area (Å²) in [6.45, 7) is 13.0. The van der Waals surface area contributed by atoms with Crippen molar-refractivity contribution in [3.63, 3.8) is 0 Å². The summed E-state index contributed by atoms with van der Waals surface area (Å²) in [5.74, 6) is 1.04. The molecule has 2 heterocycles. The highest BCUT2D eigenvalue weighted by Crippen LogP contribution is 2.40. The Labute approximate surface area is 169 Å². The zero-order valence-electron chi connectivity index (χ0n) is 18.2. The number of aromatic amines is 1. The number of hydrogen-bond acceptors (Lipinski definition) is 2. The van der Waals surface area contributed by atoms with Gasteiger partial charge in [-0.15, -0.1) is 0 Å². The number of benzene rings is 1. The highest BCUT2D eigenvalue weighted by Gasteiger charge is 2.36. The number of fused-ring (bicyclic) bond motifs is 2. The molecule has 0 unspecified atom stereocenters. The van der Waals surface area contributed by atoms with Crippen LogP contribution in [0.15, 0.2) is 30.5 Å². The number of likely N-dealkylation sites (N-methyl/N-ethyl adjacent to an activating group) is 1. The van der Waals surface area contributed by atoms with Gasteiger partial charge in [0.15, 0.2) is 0 Å². The SMILES string of the molecule is CC(C)C.CCN(CC)C(=O)[C@@H]1C=C2c3cccc4[nH]cc(c34)C[C@H]2N(C)C1. The van der Waals surface area contributed by atoms with E-state index in [1.807, 2.05) is 4.90 Å². The number of carbonyl (C=O) groups excluding carboxylic acids is 1. The monoisotopic (exact) mass is 381 g/mol. The maximum Gasteiger partial charge on any atom is 0.230 e. The van der Waals surface area contributed by atoms with Gasteiger partial charge in [0.25, 0.3) is 0 Å². The van der Waals surface area contributed by atoms with Gasteiger partial charge in [-0.3, -0.25) is 9.69 Å². The first kappa shape index (κ1) is 20.7.